The number of ether oxygens (including phenoxy) is 1. The van der Waals surface area contributed by atoms with E-state index in [9.17, 15) is 4.79 Å². The van der Waals surface area contributed by atoms with Crippen LogP contribution in [0.4, 0.5) is 0 Å². The molecule has 1 aliphatic heterocycles. The molecule has 92 valence electrons. The van der Waals surface area contributed by atoms with E-state index in [-0.39, 0.29) is 5.91 Å². The molecule has 0 unspecified atom stereocenters. The fourth-order valence-electron chi connectivity index (χ4n) is 2.03. The van der Waals surface area contributed by atoms with Gasteiger partial charge >= 0.3 is 0 Å². The Labute approximate surface area is 96.7 Å². The summed E-state index contributed by atoms with van der Waals surface area (Å²) >= 11 is 0. The van der Waals surface area contributed by atoms with Gasteiger partial charge in [0, 0.05) is 25.7 Å². The third-order valence-electron chi connectivity index (χ3n) is 3.11. The zero-order chi connectivity index (χ0) is 11.4. The monoisotopic (exact) mass is 227 g/mol. The molecule has 16 heavy (non-hydrogen) atoms. The third-order valence-corrected chi connectivity index (χ3v) is 3.11. The lowest BCUT2D eigenvalue weighted by molar-refractivity contribution is -0.132. The second-order valence-electron chi connectivity index (χ2n) is 4.35. The van der Waals surface area contributed by atoms with E-state index in [2.05, 4.69) is 10.4 Å². The van der Waals surface area contributed by atoms with Crippen molar-refractivity contribution >= 4 is 5.91 Å². The molecule has 0 atom stereocenters. The van der Waals surface area contributed by atoms with Crippen molar-refractivity contribution in [2.24, 2.45) is 0 Å². The zero-order valence-corrected chi connectivity index (χ0v) is 9.95. The molecule has 1 saturated carbocycles. The second kappa shape index (κ2) is 5.61. The van der Waals surface area contributed by atoms with Crippen molar-refractivity contribution in [1.82, 2.24) is 15.3 Å². The van der Waals surface area contributed by atoms with Gasteiger partial charge in [0.2, 0.25) is 5.91 Å². The predicted molar refractivity (Wildman–Crippen MR) is 60.8 cm³/mol. The van der Waals surface area contributed by atoms with Crippen molar-refractivity contribution in [3.05, 3.63) is 0 Å². The van der Waals surface area contributed by atoms with Gasteiger partial charge in [0.25, 0.3) is 0 Å². The van der Waals surface area contributed by atoms with E-state index in [4.69, 9.17) is 4.74 Å². The minimum Gasteiger partial charge on any atom is -0.379 e. The quantitative estimate of drug-likeness (QED) is 0.708. The molecule has 0 aromatic carbocycles. The number of carbonyl (C=O) groups is 1. The summed E-state index contributed by atoms with van der Waals surface area (Å²) in [6.07, 6.45) is 2.36. The van der Waals surface area contributed by atoms with Crippen LogP contribution in [-0.2, 0) is 9.53 Å². The van der Waals surface area contributed by atoms with E-state index in [0.717, 1.165) is 32.8 Å². The van der Waals surface area contributed by atoms with Crippen LogP contribution in [0.25, 0.3) is 0 Å². The fourth-order valence-corrected chi connectivity index (χ4v) is 2.03. The maximum atomic E-state index is 11.9. The Morgan fingerprint density at radius 1 is 1.44 bits per heavy atom. The first kappa shape index (κ1) is 11.8. The molecule has 1 heterocycles. The van der Waals surface area contributed by atoms with Gasteiger partial charge in [0.15, 0.2) is 0 Å². The topological polar surface area (TPSA) is 44.8 Å². The van der Waals surface area contributed by atoms with Crippen LogP contribution in [0.1, 0.15) is 19.8 Å². The number of nitrogens with zero attached hydrogens (tertiary/aromatic N) is 2. The maximum Gasteiger partial charge on any atom is 0.238 e. The molecule has 1 saturated heterocycles. The first-order valence-corrected chi connectivity index (χ1v) is 6.17. The van der Waals surface area contributed by atoms with Crippen LogP contribution in [0.3, 0.4) is 0 Å². The van der Waals surface area contributed by atoms with Crippen LogP contribution in [0.15, 0.2) is 0 Å². The van der Waals surface area contributed by atoms with Crippen LogP contribution in [0.5, 0.6) is 0 Å². The van der Waals surface area contributed by atoms with Gasteiger partial charge in [-0.25, -0.2) is 10.4 Å². The Morgan fingerprint density at radius 2 is 2.12 bits per heavy atom. The van der Waals surface area contributed by atoms with Gasteiger partial charge in [-0.3, -0.25) is 4.79 Å². The highest BCUT2D eigenvalue weighted by molar-refractivity contribution is 5.78. The first-order valence-electron chi connectivity index (χ1n) is 6.17. The third kappa shape index (κ3) is 3.17. The molecule has 5 nitrogen and oxygen atoms in total. The van der Waals surface area contributed by atoms with Crippen molar-refractivity contribution in [2.75, 3.05) is 39.4 Å². The SMILES string of the molecule is CCN(C(=O)CNN1CCOCC1)C1CC1. The average Bonchev–Trinajstić information content (AvgIpc) is 3.13. The number of nitrogens with one attached hydrogen (secondary N) is 1. The Balaban J connectivity index is 1.69. The summed E-state index contributed by atoms with van der Waals surface area (Å²) in [6, 6.07) is 0.518. The second-order valence-corrected chi connectivity index (χ2v) is 4.35. The number of carbonyl (C=O) groups excluding carboxylic acids is 1. The largest absolute Gasteiger partial charge is 0.379 e. The fraction of sp³-hybridized carbons (Fsp3) is 0.909. The molecule has 0 radical (unpaired) electrons. The van der Waals surface area contributed by atoms with Gasteiger partial charge in [-0.05, 0) is 19.8 Å². The number of hydrazine groups is 1. The smallest absolute Gasteiger partial charge is 0.238 e. The van der Waals surface area contributed by atoms with Gasteiger partial charge < -0.3 is 9.64 Å². The van der Waals surface area contributed by atoms with Crippen LogP contribution >= 0.6 is 0 Å². The summed E-state index contributed by atoms with van der Waals surface area (Å²) in [5.74, 6) is 0.219. The summed E-state index contributed by atoms with van der Waals surface area (Å²) in [6.45, 7) is 6.53. The molecular formula is C11H21N3O2. The molecule has 0 aromatic rings. The number of likely N-dealkylation sites (N-methyl/N-ethyl adjacent to an activating group) is 1. The standard InChI is InChI=1S/C11H21N3O2/c1-2-14(10-3-4-10)11(15)9-12-13-5-7-16-8-6-13/h10,12H,2-9H2,1H3. The lowest BCUT2D eigenvalue weighted by atomic mass is 10.4. The summed E-state index contributed by atoms with van der Waals surface area (Å²) in [4.78, 5) is 13.9. The molecule has 2 fully saturated rings. The van der Waals surface area contributed by atoms with Gasteiger partial charge in [-0.15, -0.1) is 0 Å². The van der Waals surface area contributed by atoms with Crippen molar-refractivity contribution in [1.29, 1.82) is 0 Å². The Morgan fingerprint density at radius 3 is 2.69 bits per heavy atom. The molecule has 1 amide bonds. The lowest BCUT2D eigenvalue weighted by Gasteiger charge is -2.28. The summed E-state index contributed by atoms with van der Waals surface area (Å²) < 4.78 is 5.25. The first-order chi connectivity index (χ1) is 7.81. The molecule has 0 aromatic heterocycles. The highest BCUT2D eigenvalue weighted by atomic mass is 16.5. The van der Waals surface area contributed by atoms with E-state index >= 15 is 0 Å². The number of amides is 1. The van der Waals surface area contributed by atoms with Crippen LogP contribution < -0.4 is 5.43 Å². The number of hydrogen-bond donors (Lipinski definition) is 1. The van der Waals surface area contributed by atoms with Gasteiger partial charge in [-0.1, -0.05) is 0 Å². The summed E-state index contributed by atoms with van der Waals surface area (Å²) in [5, 5.41) is 2.07. The van der Waals surface area contributed by atoms with Crippen LogP contribution in [0.2, 0.25) is 0 Å². The van der Waals surface area contributed by atoms with Crippen LogP contribution in [0, 0.1) is 0 Å². The minimum absolute atomic E-state index is 0.219. The van der Waals surface area contributed by atoms with Crippen molar-refractivity contribution in [3.8, 4) is 0 Å². The van der Waals surface area contributed by atoms with E-state index in [1.165, 1.54) is 12.8 Å². The van der Waals surface area contributed by atoms with Gasteiger partial charge in [-0.2, -0.15) is 0 Å². The highest BCUT2D eigenvalue weighted by Crippen LogP contribution is 2.26. The molecule has 0 bridgehead atoms. The van der Waals surface area contributed by atoms with Crippen molar-refractivity contribution in [2.45, 2.75) is 25.8 Å². The van der Waals surface area contributed by atoms with E-state index in [1.54, 1.807) is 0 Å². The Kier molecular flexibility index (Phi) is 4.15. The molecule has 2 rings (SSSR count). The van der Waals surface area contributed by atoms with Crippen molar-refractivity contribution < 1.29 is 9.53 Å². The molecule has 2 aliphatic rings. The lowest BCUT2D eigenvalue weighted by Crippen LogP contribution is -2.50. The Hall–Kier alpha value is -0.650. The Bertz CT molecular complexity index is 237. The zero-order valence-electron chi connectivity index (χ0n) is 9.95. The molecule has 1 aliphatic carbocycles. The van der Waals surface area contributed by atoms with E-state index in [1.807, 2.05) is 11.8 Å². The van der Waals surface area contributed by atoms with Crippen LogP contribution in [-0.4, -0.2) is 61.3 Å². The van der Waals surface area contributed by atoms with E-state index in [0.29, 0.717) is 12.6 Å². The highest BCUT2D eigenvalue weighted by Gasteiger charge is 2.31. The van der Waals surface area contributed by atoms with Crippen molar-refractivity contribution in [3.63, 3.8) is 0 Å². The maximum absolute atomic E-state index is 11.9. The van der Waals surface area contributed by atoms with Gasteiger partial charge in [0.05, 0.1) is 19.8 Å². The number of hydrogen-bond acceptors (Lipinski definition) is 4. The number of rotatable bonds is 5. The summed E-state index contributed by atoms with van der Waals surface area (Å²) in [7, 11) is 0. The minimum atomic E-state index is 0.219. The number of morpholine rings is 1. The van der Waals surface area contributed by atoms with Gasteiger partial charge in [0.1, 0.15) is 0 Å². The molecule has 1 N–H and O–H groups in total. The normalized spacial score (nSPS) is 22.1. The molecule has 0 spiro atoms. The predicted octanol–water partition coefficient (Wildman–Crippen LogP) is -0.166. The van der Waals surface area contributed by atoms with E-state index < -0.39 is 0 Å². The average molecular weight is 227 g/mol. The molecular weight excluding hydrogens is 206 g/mol. The summed E-state index contributed by atoms with van der Waals surface area (Å²) in [5.41, 5.74) is 3.18. The molecule has 5 heteroatoms.